The van der Waals surface area contributed by atoms with Crippen LogP contribution in [-0.2, 0) is 20.7 Å². The van der Waals surface area contributed by atoms with Crippen LogP contribution in [0.25, 0.3) is 10.9 Å². The molecule has 1 aliphatic rings. The number of nitrogens with one attached hydrogen (secondary N) is 2. The standard InChI is InChI=1S/C20H25N5O6S/c1-20(2,3)31-19(28)23-15(18(27)24-10-32-9-16(24)17(21)26)6-11-8-22-14-5-4-12(25(29)30)7-13(11)14/h4-5,7-8,15-16,22H,6,9-10H2,1-3H3,(H2,21,26)(H,23,28)/t15-,16+/m0/s1. The van der Waals surface area contributed by atoms with Crippen LogP contribution in [0, 0.1) is 10.1 Å². The molecule has 0 bridgehead atoms. The van der Waals surface area contributed by atoms with E-state index < -0.39 is 40.5 Å². The fraction of sp³-hybridized carbons (Fsp3) is 0.450. The number of rotatable bonds is 6. The average Bonchev–Trinajstić information content (AvgIpc) is 3.32. The molecule has 0 spiro atoms. The first kappa shape index (κ1) is 23.4. The fourth-order valence-corrected chi connectivity index (χ4v) is 4.59. The Bertz CT molecular complexity index is 1060. The number of thioether (sulfide) groups is 1. The molecule has 0 radical (unpaired) electrons. The van der Waals surface area contributed by atoms with Gasteiger partial charge in [0.1, 0.15) is 17.7 Å². The van der Waals surface area contributed by atoms with Gasteiger partial charge in [0.2, 0.25) is 11.8 Å². The minimum absolute atomic E-state index is 0.0336. The van der Waals surface area contributed by atoms with E-state index in [1.807, 2.05) is 0 Å². The largest absolute Gasteiger partial charge is 0.444 e. The zero-order chi connectivity index (χ0) is 23.6. The minimum Gasteiger partial charge on any atom is -0.444 e. The summed E-state index contributed by atoms with van der Waals surface area (Å²) >= 11 is 1.39. The van der Waals surface area contributed by atoms with Crippen molar-refractivity contribution in [2.24, 2.45) is 5.73 Å². The number of carbonyl (C=O) groups excluding carboxylic acids is 3. The van der Waals surface area contributed by atoms with Crippen LogP contribution in [0.2, 0.25) is 0 Å². The molecule has 1 aromatic heterocycles. The highest BCUT2D eigenvalue weighted by molar-refractivity contribution is 7.99. The number of nitro benzene ring substituents is 1. The molecule has 1 saturated heterocycles. The number of amides is 3. The van der Waals surface area contributed by atoms with Crippen molar-refractivity contribution >= 4 is 46.3 Å². The van der Waals surface area contributed by atoms with E-state index in [0.717, 1.165) is 0 Å². The van der Waals surface area contributed by atoms with Crippen molar-refractivity contribution < 1.29 is 24.0 Å². The second kappa shape index (κ2) is 9.07. The fourth-order valence-electron chi connectivity index (χ4n) is 3.41. The van der Waals surface area contributed by atoms with Gasteiger partial charge in [0.05, 0.1) is 10.8 Å². The molecule has 1 aromatic carbocycles. The Hall–Kier alpha value is -3.28. The van der Waals surface area contributed by atoms with Gasteiger partial charge in [-0.15, -0.1) is 11.8 Å². The first-order valence-corrected chi connectivity index (χ1v) is 11.0. The normalized spacial score (nSPS) is 17.2. The lowest BCUT2D eigenvalue weighted by atomic mass is 10.0. The van der Waals surface area contributed by atoms with Crippen molar-refractivity contribution in [3.63, 3.8) is 0 Å². The second-order valence-corrected chi connectivity index (χ2v) is 9.43. The van der Waals surface area contributed by atoms with Crippen molar-refractivity contribution in [3.8, 4) is 0 Å². The third-order valence-corrected chi connectivity index (χ3v) is 5.88. The number of nitro groups is 1. The van der Waals surface area contributed by atoms with Gasteiger partial charge >= 0.3 is 6.09 Å². The molecule has 0 aliphatic carbocycles. The smallest absolute Gasteiger partial charge is 0.408 e. The number of primary amides is 1. The molecule has 1 fully saturated rings. The molecule has 4 N–H and O–H groups in total. The number of nitrogens with zero attached hydrogens (tertiary/aromatic N) is 2. The number of non-ortho nitro benzene ring substituents is 1. The monoisotopic (exact) mass is 463 g/mol. The van der Waals surface area contributed by atoms with Gasteiger partial charge in [-0.3, -0.25) is 19.7 Å². The quantitative estimate of drug-likeness (QED) is 0.435. The predicted octanol–water partition coefficient (Wildman–Crippen LogP) is 1.90. The van der Waals surface area contributed by atoms with E-state index in [2.05, 4.69) is 10.3 Å². The summed E-state index contributed by atoms with van der Waals surface area (Å²) < 4.78 is 5.30. The third kappa shape index (κ3) is 5.31. The lowest BCUT2D eigenvalue weighted by Crippen LogP contribution is -2.54. The molecular formula is C20H25N5O6S. The third-order valence-electron chi connectivity index (χ3n) is 4.87. The van der Waals surface area contributed by atoms with E-state index in [0.29, 0.717) is 22.2 Å². The highest BCUT2D eigenvalue weighted by atomic mass is 32.2. The molecule has 0 saturated carbocycles. The van der Waals surface area contributed by atoms with Crippen LogP contribution in [0.3, 0.4) is 0 Å². The van der Waals surface area contributed by atoms with Crippen LogP contribution >= 0.6 is 11.8 Å². The summed E-state index contributed by atoms with van der Waals surface area (Å²) in [6, 6.07) is 2.52. The van der Waals surface area contributed by atoms with Crippen LogP contribution in [-0.4, -0.2) is 62.0 Å². The first-order valence-electron chi connectivity index (χ1n) is 9.87. The number of alkyl carbamates (subject to hydrolysis) is 1. The van der Waals surface area contributed by atoms with Gasteiger partial charge in [-0.05, 0) is 32.4 Å². The molecular weight excluding hydrogens is 438 g/mol. The van der Waals surface area contributed by atoms with Crippen molar-refractivity contribution in [2.45, 2.75) is 44.9 Å². The van der Waals surface area contributed by atoms with Crippen molar-refractivity contribution in [1.29, 1.82) is 0 Å². The summed E-state index contributed by atoms with van der Waals surface area (Å²) in [6.45, 7) is 5.09. The molecule has 12 heteroatoms. The summed E-state index contributed by atoms with van der Waals surface area (Å²) in [5.41, 5.74) is 5.82. The van der Waals surface area contributed by atoms with Crippen molar-refractivity contribution in [1.82, 2.24) is 15.2 Å². The van der Waals surface area contributed by atoms with E-state index in [4.69, 9.17) is 10.5 Å². The Morgan fingerprint density at radius 3 is 2.75 bits per heavy atom. The van der Waals surface area contributed by atoms with Gasteiger partial charge < -0.3 is 25.7 Å². The molecule has 32 heavy (non-hydrogen) atoms. The zero-order valence-corrected chi connectivity index (χ0v) is 18.7. The van der Waals surface area contributed by atoms with E-state index in [1.165, 1.54) is 28.8 Å². The van der Waals surface area contributed by atoms with E-state index >= 15 is 0 Å². The summed E-state index contributed by atoms with van der Waals surface area (Å²) in [6.07, 6.45) is 0.880. The van der Waals surface area contributed by atoms with Crippen LogP contribution in [0.1, 0.15) is 26.3 Å². The van der Waals surface area contributed by atoms with Crippen LogP contribution in [0.5, 0.6) is 0 Å². The Labute approximate surface area is 188 Å². The molecule has 11 nitrogen and oxygen atoms in total. The molecule has 3 amide bonds. The first-order chi connectivity index (χ1) is 15.0. The molecule has 2 atom stereocenters. The number of benzene rings is 1. The van der Waals surface area contributed by atoms with Crippen LogP contribution in [0.15, 0.2) is 24.4 Å². The Kier molecular flexibility index (Phi) is 6.63. The molecule has 2 heterocycles. The minimum atomic E-state index is -1.07. The number of H-pyrrole nitrogens is 1. The molecule has 0 unspecified atom stereocenters. The Morgan fingerprint density at radius 1 is 1.41 bits per heavy atom. The predicted molar refractivity (Wildman–Crippen MR) is 119 cm³/mol. The number of ether oxygens (including phenoxy) is 1. The number of fused-ring (bicyclic) bond motifs is 1. The summed E-state index contributed by atoms with van der Waals surface area (Å²) in [4.78, 5) is 52.6. The number of aromatic amines is 1. The van der Waals surface area contributed by atoms with Gasteiger partial charge in [-0.2, -0.15) is 0 Å². The van der Waals surface area contributed by atoms with Crippen molar-refractivity contribution in [2.75, 3.05) is 11.6 Å². The van der Waals surface area contributed by atoms with Crippen LogP contribution in [0.4, 0.5) is 10.5 Å². The summed E-state index contributed by atoms with van der Waals surface area (Å²) in [5.74, 6) is -0.468. The molecule has 2 aromatic rings. The molecule has 3 rings (SSSR count). The topological polar surface area (TPSA) is 161 Å². The Morgan fingerprint density at radius 2 is 2.12 bits per heavy atom. The number of hydrogen-bond donors (Lipinski definition) is 3. The zero-order valence-electron chi connectivity index (χ0n) is 17.9. The highest BCUT2D eigenvalue weighted by Gasteiger charge is 2.38. The van der Waals surface area contributed by atoms with E-state index in [-0.39, 0.29) is 18.0 Å². The SMILES string of the molecule is CC(C)(C)OC(=O)N[C@@H](Cc1c[nH]c2ccc([N+](=O)[O-])cc12)C(=O)N1CSC[C@@H]1C(N)=O. The lowest BCUT2D eigenvalue weighted by molar-refractivity contribution is -0.384. The molecule has 1 aliphatic heterocycles. The van der Waals surface area contributed by atoms with Gasteiger partial charge in [0.15, 0.2) is 0 Å². The maximum Gasteiger partial charge on any atom is 0.408 e. The van der Waals surface area contributed by atoms with Gasteiger partial charge in [-0.25, -0.2) is 4.79 Å². The van der Waals surface area contributed by atoms with Crippen molar-refractivity contribution in [3.05, 3.63) is 40.1 Å². The van der Waals surface area contributed by atoms with Gasteiger partial charge in [0, 0.05) is 41.4 Å². The van der Waals surface area contributed by atoms with Gasteiger partial charge in [-0.1, -0.05) is 0 Å². The number of carbonyl (C=O) groups is 3. The number of nitrogens with two attached hydrogens (primary N) is 1. The maximum atomic E-state index is 13.3. The van der Waals surface area contributed by atoms with E-state index in [9.17, 15) is 24.5 Å². The lowest BCUT2D eigenvalue weighted by Gasteiger charge is -2.28. The number of hydrogen-bond acceptors (Lipinski definition) is 7. The van der Waals surface area contributed by atoms with Crippen LogP contribution < -0.4 is 11.1 Å². The number of aromatic nitrogens is 1. The summed E-state index contributed by atoms with van der Waals surface area (Å²) in [7, 11) is 0. The van der Waals surface area contributed by atoms with Gasteiger partial charge in [0.25, 0.3) is 5.69 Å². The Balaban J connectivity index is 1.92. The van der Waals surface area contributed by atoms with E-state index in [1.54, 1.807) is 33.0 Å². The maximum absolute atomic E-state index is 13.3. The second-order valence-electron chi connectivity index (χ2n) is 8.43. The molecule has 172 valence electrons. The average molecular weight is 464 g/mol. The highest BCUT2D eigenvalue weighted by Crippen LogP contribution is 2.26. The summed E-state index contributed by atoms with van der Waals surface area (Å²) in [5, 5.41) is 14.3.